The summed E-state index contributed by atoms with van der Waals surface area (Å²) < 4.78 is 0. The first-order valence-electron chi connectivity index (χ1n) is 6.69. The number of pyridine rings is 1. The van der Waals surface area contributed by atoms with E-state index >= 15 is 0 Å². The van der Waals surface area contributed by atoms with E-state index in [4.69, 9.17) is 12.2 Å². The molecule has 1 aliphatic carbocycles. The maximum Gasteiger partial charge on any atom is 0.134 e. The van der Waals surface area contributed by atoms with Gasteiger partial charge in [-0.1, -0.05) is 60.7 Å². The Morgan fingerprint density at radius 1 is 0.810 bits per heavy atom. The second kappa shape index (κ2) is 4.50. The number of aliphatic hydroxyl groups excluding tert-OH is 1. The van der Waals surface area contributed by atoms with Crippen LogP contribution in [0.3, 0.4) is 0 Å². The fourth-order valence-electron chi connectivity index (χ4n) is 2.71. The maximum atomic E-state index is 10.5. The van der Waals surface area contributed by atoms with Crippen molar-refractivity contribution in [2.24, 2.45) is 0 Å². The summed E-state index contributed by atoms with van der Waals surface area (Å²) in [5.41, 5.74) is 3.95. The van der Waals surface area contributed by atoms with Gasteiger partial charge in [-0.3, -0.25) is 0 Å². The zero-order valence-electron chi connectivity index (χ0n) is 11.1. The second-order valence-corrected chi connectivity index (χ2v) is 5.40. The van der Waals surface area contributed by atoms with Gasteiger partial charge in [0.1, 0.15) is 5.76 Å². The summed E-state index contributed by atoms with van der Waals surface area (Å²) in [7, 11) is 0. The van der Waals surface area contributed by atoms with Crippen molar-refractivity contribution < 1.29 is 5.11 Å². The van der Waals surface area contributed by atoms with Crippen LogP contribution in [0.15, 0.2) is 60.7 Å². The highest BCUT2D eigenvalue weighted by Crippen LogP contribution is 2.37. The molecule has 0 unspecified atom stereocenters. The predicted octanol–water partition coefficient (Wildman–Crippen LogP) is 4.39. The molecule has 0 atom stereocenters. The van der Waals surface area contributed by atoms with Gasteiger partial charge in [-0.15, -0.1) is 0 Å². The van der Waals surface area contributed by atoms with E-state index in [0.29, 0.717) is 16.1 Å². The Morgan fingerprint density at radius 3 is 2.33 bits per heavy atom. The third-order valence-corrected chi connectivity index (χ3v) is 4.17. The van der Waals surface area contributed by atoms with Crippen molar-refractivity contribution in [1.29, 1.82) is 0 Å². The van der Waals surface area contributed by atoms with E-state index in [1.807, 2.05) is 60.7 Å². The van der Waals surface area contributed by atoms with Crippen LogP contribution in [0.5, 0.6) is 0 Å². The van der Waals surface area contributed by atoms with Crippen LogP contribution in [0.1, 0.15) is 16.8 Å². The standard InChI is InChI=1S/C18H11NOS/c20-17-12-6-2-3-7-13(12)18(21)16(17)15-10-9-11-5-1-4-8-14(11)19-15/h1-10,20H. The zero-order valence-corrected chi connectivity index (χ0v) is 11.9. The van der Waals surface area contributed by atoms with E-state index in [9.17, 15) is 5.11 Å². The lowest BCUT2D eigenvalue weighted by Gasteiger charge is -2.05. The van der Waals surface area contributed by atoms with E-state index in [0.717, 1.165) is 22.0 Å². The number of benzene rings is 2. The van der Waals surface area contributed by atoms with Gasteiger partial charge in [0.15, 0.2) is 0 Å². The molecule has 2 aromatic carbocycles. The Labute approximate surface area is 127 Å². The van der Waals surface area contributed by atoms with Crippen molar-refractivity contribution in [1.82, 2.24) is 4.98 Å². The predicted molar refractivity (Wildman–Crippen MR) is 89.3 cm³/mol. The molecule has 0 spiro atoms. The van der Waals surface area contributed by atoms with Crippen molar-refractivity contribution >= 4 is 39.3 Å². The number of rotatable bonds is 1. The van der Waals surface area contributed by atoms with Crippen LogP contribution >= 0.6 is 12.2 Å². The van der Waals surface area contributed by atoms with Crippen LogP contribution in [-0.2, 0) is 0 Å². The molecule has 1 aromatic heterocycles. The fourth-order valence-corrected chi connectivity index (χ4v) is 3.09. The van der Waals surface area contributed by atoms with Gasteiger partial charge in [0.2, 0.25) is 0 Å². The Kier molecular flexibility index (Phi) is 2.62. The molecule has 0 bridgehead atoms. The highest BCUT2D eigenvalue weighted by atomic mass is 32.1. The molecular formula is C18H11NOS. The van der Waals surface area contributed by atoms with Crippen LogP contribution in [-0.4, -0.2) is 15.0 Å². The summed E-state index contributed by atoms with van der Waals surface area (Å²) in [4.78, 5) is 5.29. The van der Waals surface area contributed by atoms with E-state index in [1.54, 1.807) is 0 Å². The summed E-state index contributed by atoms with van der Waals surface area (Å²) in [6.07, 6.45) is 0. The molecule has 1 aliphatic rings. The Balaban J connectivity index is 1.93. The van der Waals surface area contributed by atoms with Crippen molar-refractivity contribution in [2.75, 3.05) is 0 Å². The third kappa shape index (κ3) is 1.78. The molecule has 2 nitrogen and oxygen atoms in total. The van der Waals surface area contributed by atoms with Crippen LogP contribution in [0.2, 0.25) is 0 Å². The minimum atomic E-state index is 0.221. The molecule has 3 heteroatoms. The van der Waals surface area contributed by atoms with E-state index in [2.05, 4.69) is 4.98 Å². The first-order chi connectivity index (χ1) is 10.3. The van der Waals surface area contributed by atoms with Gasteiger partial charge in [0, 0.05) is 16.5 Å². The van der Waals surface area contributed by atoms with Gasteiger partial charge in [0.05, 0.1) is 21.6 Å². The first-order valence-corrected chi connectivity index (χ1v) is 7.10. The quantitative estimate of drug-likeness (QED) is 0.674. The molecule has 21 heavy (non-hydrogen) atoms. The summed E-state index contributed by atoms with van der Waals surface area (Å²) in [6.45, 7) is 0. The minimum absolute atomic E-state index is 0.221. The van der Waals surface area contributed by atoms with Gasteiger partial charge in [-0.25, -0.2) is 4.98 Å². The monoisotopic (exact) mass is 289 g/mol. The van der Waals surface area contributed by atoms with Gasteiger partial charge >= 0.3 is 0 Å². The normalized spacial score (nSPS) is 13.8. The lowest BCUT2D eigenvalue weighted by Crippen LogP contribution is -1.99. The maximum absolute atomic E-state index is 10.5. The average molecular weight is 289 g/mol. The number of hydrogen-bond acceptors (Lipinski definition) is 3. The highest BCUT2D eigenvalue weighted by Gasteiger charge is 2.27. The van der Waals surface area contributed by atoms with Crippen LogP contribution in [0.4, 0.5) is 0 Å². The summed E-state index contributed by atoms with van der Waals surface area (Å²) in [6, 6.07) is 19.5. The van der Waals surface area contributed by atoms with Crippen molar-refractivity contribution in [3.8, 4) is 0 Å². The lowest BCUT2D eigenvalue weighted by atomic mass is 10.1. The molecule has 0 aliphatic heterocycles. The molecule has 0 radical (unpaired) electrons. The van der Waals surface area contributed by atoms with Gasteiger partial charge < -0.3 is 5.11 Å². The first kappa shape index (κ1) is 12.2. The number of allylic oxidation sites excluding steroid dienone is 1. The Hall–Kier alpha value is -2.52. The van der Waals surface area contributed by atoms with Crippen molar-refractivity contribution in [3.05, 3.63) is 77.5 Å². The van der Waals surface area contributed by atoms with E-state index in [-0.39, 0.29) is 5.76 Å². The molecule has 1 N–H and O–H groups in total. The van der Waals surface area contributed by atoms with E-state index in [1.165, 1.54) is 0 Å². The molecular weight excluding hydrogens is 278 g/mol. The van der Waals surface area contributed by atoms with Crippen LogP contribution in [0, 0.1) is 0 Å². The highest BCUT2D eigenvalue weighted by molar-refractivity contribution is 7.82. The third-order valence-electron chi connectivity index (χ3n) is 3.75. The SMILES string of the molecule is OC1=C(c2ccc3ccccc3n2)C(=S)c2ccccc21. The average Bonchev–Trinajstić information content (AvgIpc) is 2.79. The smallest absolute Gasteiger partial charge is 0.134 e. The minimum Gasteiger partial charge on any atom is -0.507 e. The molecule has 0 saturated heterocycles. The Morgan fingerprint density at radius 2 is 1.52 bits per heavy atom. The Bertz CT molecular complexity index is 927. The number of hydrogen-bond donors (Lipinski definition) is 1. The molecule has 100 valence electrons. The number of fused-ring (bicyclic) bond motifs is 2. The number of aromatic nitrogens is 1. The number of nitrogens with zero attached hydrogens (tertiary/aromatic N) is 1. The summed E-state index contributed by atoms with van der Waals surface area (Å²) >= 11 is 5.52. The second-order valence-electron chi connectivity index (χ2n) is 4.99. The van der Waals surface area contributed by atoms with E-state index < -0.39 is 0 Å². The fraction of sp³-hybridized carbons (Fsp3) is 0. The zero-order chi connectivity index (χ0) is 14.4. The summed E-state index contributed by atoms with van der Waals surface area (Å²) in [5.74, 6) is 0.221. The molecule has 0 amide bonds. The largest absolute Gasteiger partial charge is 0.507 e. The molecule has 4 rings (SSSR count). The topological polar surface area (TPSA) is 33.1 Å². The van der Waals surface area contributed by atoms with Crippen molar-refractivity contribution in [2.45, 2.75) is 0 Å². The van der Waals surface area contributed by atoms with Gasteiger partial charge in [0.25, 0.3) is 0 Å². The number of aliphatic hydroxyl groups is 1. The van der Waals surface area contributed by atoms with Crippen molar-refractivity contribution in [3.63, 3.8) is 0 Å². The van der Waals surface area contributed by atoms with Gasteiger partial charge in [-0.2, -0.15) is 0 Å². The number of thiocarbonyl (C=S) groups is 1. The molecule has 3 aromatic rings. The van der Waals surface area contributed by atoms with Crippen LogP contribution in [0.25, 0.3) is 22.2 Å². The summed E-state index contributed by atoms with van der Waals surface area (Å²) in [5, 5.41) is 11.6. The van der Waals surface area contributed by atoms with Crippen LogP contribution < -0.4 is 0 Å². The lowest BCUT2D eigenvalue weighted by molar-refractivity contribution is 0.515. The molecule has 1 heterocycles. The molecule has 0 fully saturated rings. The molecule has 0 saturated carbocycles. The van der Waals surface area contributed by atoms with Gasteiger partial charge in [-0.05, 0) is 12.1 Å². The number of para-hydroxylation sites is 1.